The number of benzene rings is 1. The van der Waals surface area contributed by atoms with Gasteiger partial charge in [0, 0.05) is 32.4 Å². The van der Waals surface area contributed by atoms with Gasteiger partial charge in [0.25, 0.3) is 5.56 Å². The van der Waals surface area contributed by atoms with Crippen LogP contribution in [0.2, 0.25) is 0 Å². The monoisotopic (exact) mass is 431 g/mol. The number of aromatic nitrogens is 4. The van der Waals surface area contributed by atoms with Crippen LogP contribution in [-0.2, 0) is 25.4 Å². The Morgan fingerprint density at radius 1 is 1.23 bits per heavy atom. The summed E-state index contributed by atoms with van der Waals surface area (Å²) in [6.07, 6.45) is 1.78. The molecule has 0 saturated heterocycles. The van der Waals surface area contributed by atoms with Crippen LogP contribution in [-0.4, -0.2) is 37.5 Å². The molecule has 0 aliphatic heterocycles. The number of ether oxygens (including phenoxy) is 1. The van der Waals surface area contributed by atoms with Gasteiger partial charge in [-0.3, -0.25) is 18.7 Å². The lowest BCUT2D eigenvalue weighted by Crippen LogP contribution is -2.37. The number of fused-ring (bicyclic) bond motifs is 1. The molecule has 2 heterocycles. The Morgan fingerprint density at radius 3 is 2.70 bits per heavy atom. The van der Waals surface area contributed by atoms with Crippen molar-refractivity contribution >= 4 is 34.5 Å². The van der Waals surface area contributed by atoms with Crippen LogP contribution in [0.25, 0.3) is 11.2 Å². The zero-order valence-corrected chi connectivity index (χ0v) is 18.3. The molecule has 0 bridgehead atoms. The molecule has 1 aromatic carbocycles. The molecule has 2 aromatic heterocycles. The number of nitrogens with one attached hydrogen (secondary N) is 1. The maximum absolute atomic E-state index is 12.7. The molecule has 0 aliphatic rings. The summed E-state index contributed by atoms with van der Waals surface area (Å²) in [5.41, 5.74) is 0.527. The van der Waals surface area contributed by atoms with E-state index in [1.54, 1.807) is 38.4 Å². The predicted molar refractivity (Wildman–Crippen MR) is 117 cm³/mol. The fourth-order valence-corrected chi connectivity index (χ4v) is 3.91. The fourth-order valence-electron chi connectivity index (χ4n) is 3.09. The van der Waals surface area contributed by atoms with Gasteiger partial charge in [-0.15, -0.1) is 0 Å². The van der Waals surface area contributed by atoms with Gasteiger partial charge in [0.15, 0.2) is 16.3 Å². The first kappa shape index (κ1) is 21.7. The lowest BCUT2D eigenvalue weighted by molar-refractivity contribution is -0.113. The Bertz CT molecular complexity index is 1190. The maximum atomic E-state index is 12.7. The number of amides is 1. The summed E-state index contributed by atoms with van der Waals surface area (Å²) in [6, 6.07) is 7.10. The highest BCUT2D eigenvalue weighted by atomic mass is 32.2. The van der Waals surface area contributed by atoms with Crippen molar-refractivity contribution in [3.05, 3.63) is 45.1 Å². The van der Waals surface area contributed by atoms with Gasteiger partial charge in [0.1, 0.15) is 5.75 Å². The Hall–Kier alpha value is -3.01. The SMILES string of the molecule is CCCCn1c(SCC(=O)Nc2cccc(OC)c2)nc2c1c(=O)n(C)c(=O)n2C. The second kappa shape index (κ2) is 9.21. The molecule has 160 valence electrons. The van der Waals surface area contributed by atoms with Crippen LogP contribution in [0.15, 0.2) is 39.0 Å². The van der Waals surface area contributed by atoms with Crippen molar-refractivity contribution < 1.29 is 9.53 Å². The molecule has 0 fully saturated rings. The molecular formula is C20H25N5O4S. The Kier molecular flexibility index (Phi) is 6.66. The van der Waals surface area contributed by atoms with Crippen molar-refractivity contribution in [2.24, 2.45) is 14.1 Å². The van der Waals surface area contributed by atoms with E-state index in [2.05, 4.69) is 17.2 Å². The van der Waals surface area contributed by atoms with Gasteiger partial charge < -0.3 is 14.6 Å². The minimum atomic E-state index is -0.431. The summed E-state index contributed by atoms with van der Waals surface area (Å²) in [5.74, 6) is 0.559. The summed E-state index contributed by atoms with van der Waals surface area (Å²) in [6.45, 7) is 2.64. The van der Waals surface area contributed by atoms with Crippen LogP contribution in [0.3, 0.4) is 0 Å². The van der Waals surface area contributed by atoms with Gasteiger partial charge in [-0.05, 0) is 18.6 Å². The first-order valence-corrected chi connectivity index (χ1v) is 10.6. The van der Waals surface area contributed by atoms with Crippen LogP contribution in [0.5, 0.6) is 5.75 Å². The predicted octanol–water partition coefficient (Wildman–Crippen LogP) is 1.97. The second-order valence-corrected chi connectivity index (χ2v) is 7.79. The molecule has 0 unspecified atom stereocenters. The quantitative estimate of drug-likeness (QED) is 0.548. The minimum absolute atomic E-state index is 0.112. The summed E-state index contributed by atoms with van der Waals surface area (Å²) in [7, 11) is 4.61. The average Bonchev–Trinajstić information content (AvgIpc) is 3.12. The van der Waals surface area contributed by atoms with Crippen LogP contribution < -0.4 is 21.3 Å². The molecule has 30 heavy (non-hydrogen) atoms. The van der Waals surface area contributed by atoms with E-state index in [0.717, 1.165) is 17.4 Å². The number of thioether (sulfide) groups is 1. The van der Waals surface area contributed by atoms with Crippen molar-refractivity contribution in [1.82, 2.24) is 18.7 Å². The van der Waals surface area contributed by atoms with E-state index in [1.165, 1.54) is 23.4 Å². The van der Waals surface area contributed by atoms with Gasteiger partial charge in [-0.25, -0.2) is 9.78 Å². The molecule has 3 aromatic rings. The maximum Gasteiger partial charge on any atom is 0.332 e. The molecule has 0 spiro atoms. The fraction of sp³-hybridized carbons (Fsp3) is 0.400. The van der Waals surface area contributed by atoms with Crippen molar-refractivity contribution in [1.29, 1.82) is 0 Å². The van der Waals surface area contributed by atoms with E-state index in [1.807, 2.05) is 4.57 Å². The van der Waals surface area contributed by atoms with Crippen LogP contribution in [0.4, 0.5) is 5.69 Å². The lowest BCUT2D eigenvalue weighted by atomic mass is 10.3. The highest BCUT2D eigenvalue weighted by Gasteiger charge is 2.20. The van der Waals surface area contributed by atoms with E-state index < -0.39 is 5.69 Å². The molecule has 3 rings (SSSR count). The lowest BCUT2D eigenvalue weighted by Gasteiger charge is -2.09. The number of rotatable bonds is 8. The first-order chi connectivity index (χ1) is 14.4. The molecular weight excluding hydrogens is 406 g/mol. The molecule has 1 N–H and O–H groups in total. The van der Waals surface area contributed by atoms with Crippen LogP contribution in [0.1, 0.15) is 19.8 Å². The molecule has 9 nitrogen and oxygen atoms in total. The Morgan fingerprint density at radius 2 is 2.00 bits per heavy atom. The zero-order valence-electron chi connectivity index (χ0n) is 17.5. The average molecular weight is 432 g/mol. The molecule has 1 amide bonds. The molecule has 10 heteroatoms. The second-order valence-electron chi connectivity index (χ2n) is 6.85. The third-order valence-corrected chi connectivity index (χ3v) is 5.71. The number of anilines is 1. The first-order valence-electron chi connectivity index (χ1n) is 9.60. The number of imidazole rings is 1. The Balaban J connectivity index is 1.88. The number of methoxy groups -OCH3 is 1. The van der Waals surface area contributed by atoms with Crippen LogP contribution >= 0.6 is 11.8 Å². The Labute approximate surface area is 177 Å². The van der Waals surface area contributed by atoms with Gasteiger partial charge in [0.2, 0.25) is 5.91 Å². The number of carbonyl (C=O) groups excluding carboxylic acids is 1. The molecule has 0 aliphatic carbocycles. The highest BCUT2D eigenvalue weighted by Crippen LogP contribution is 2.23. The number of hydrogen-bond acceptors (Lipinski definition) is 6. The standard InChI is InChI=1S/C20H25N5O4S/c1-5-6-10-25-16-17(23(2)20(28)24(3)18(16)27)22-19(25)30-12-15(26)21-13-8-7-9-14(11-13)29-4/h7-9,11H,5-6,10,12H2,1-4H3,(H,21,26). The normalized spacial score (nSPS) is 11.1. The van der Waals surface area contributed by atoms with Gasteiger partial charge in [0.05, 0.1) is 12.9 Å². The van der Waals surface area contributed by atoms with Crippen molar-refractivity contribution in [2.45, 2.75) is 31.5 Å². The third kappa shape index (κ3) is 4.28. The molecule has 0 radical (unpaired) electrons. The molecule has 0 atom stereocenters. The van der Waals surface area contributed by atoms with Crippen molar-refractivity contribution in [2.75, 3.05) is 18.2 Å². The molecule has 0 saturated carbocycles. The number of aryl methyl sites for hydroxylation is 2. The van der Waals surface area contributed by atoms with E-state index in [9.17, 15) is 14.4 Å². The number of unbranched alkanes of at least 4 members (excludes halogenated alkanes) is 1. The van der Waals surface area contributed by atoms with Gasteiger partial charge >= 0.3 is 5.69 Å². The zero-order chi connectivity index (χ0) is 21.8. The summed E-state index contributed by atoms with van der Waals surface area (Å²) < 4.78 is 9.42. The van der Waals surface area contributed by atoms with Crippen LogP contribution in [0, 0.1) is 0 Å². The van der Waals surface area contributed by atoms with E-state index in [4.69, 9.17) is 4.74 Å². The smallest absolute Gasteiger partial charge is 0.332 e. The summed E-state index contributed by atoms with van der Waals surface area (Å²) in [4.78, 5) is 41.9. The third-order valence-electron chi connectivity index (χ3n) is 4.73. The van der Waals surface area contributed by atoms with Gasteiger partial charge in [-0.2, -0.15) is 0 Å². The topological polar surface area (TPSA) is 100 Å². The summed E-state index contributed by atoms with van der Waals surface area (Å²) in [5, 5.41) is 3.37. The largest absolute Gasteiger partial charge is 0.497 e. The number of hydrogen-bond donors (Lipinski definition) is 1. The number of nitrogens with zero attached hydrogens (tertiary/aromatic N) is 4. The van der Waals surface area contributed by atoms with Gasteiger partial charge in [-0.1, -0.05) is 31.2 Å². The van der Waals surface area contributed by atoms with Crippen molar-refractivity contribution in [3.8, 4) is 5.75 Å². The number of carbonyl (C=O) groups is 1. The summed E-state index contributed by atoms with van der Waals surface area (Å²) >= 11 is 1.23. The van der Waals surface area contributed by atoms with E-state index >= 15 is 0 Å². The van der Waals surface area contributed by atoms with E-state index in [-0.39, 0.29) is 17.2 Å². The minimum Gasteiger partial charge on any atom is -0.497 e. The highest BCUT2D eigenvalue weighted by molar-refractivity contribution is 7.99. The van der Waals surface area contributed by atoms with Crippen molar-refractivity contribution in [3.63, 3.8) is 0 Å². The van der Waals surface area contributed by atoms with E-state index in [0.29, 0.717) is 34.3 Å².